The van der Waals surface area contributed by atoms with Crippen LogP contribution in [-0.4, -0.2) is 38.0 Å². The molecule has 70 valence electrons. The Morgan fingerprint density at radius 2 is 1.83 bits per heavy atom. The lowest BCUT2D eigenvalue weighted by molar-refractivity contribution is -0.864. The zero-order valence-corrected chi connectivity index (χ0v) is 8.79. The summed E-state index contributed by atoms with van der Waals surface area (Å²) >= 11 is 0. The summed E-state index contributed by atoms with van der Waals surface area (Å²) in [6.45, 7) is 4.73. The zero-order valence-electron chi connectivity index (χ0n) is 8.79. The van der Waals surface area contributed by atoms with E-state index in [1.165, 1.54) is 0 Å². The summed E-state index contributed by atoms with van der Waals surface area (Å²) in [5.74, 6) is 0.331. The average molecular weight is 170 g/mol. The molecule has 12 heavy (non-hydrogen) atoms. The lowest BCUT2D eigenvalue weighted by atomic mass is 10.1. The van der Waals surface area contributed by atoms with Crippen molar-refractivity contribution in [2.75, 3.05) is 27.7 Å². The van der Waals surface area contributed by atoms with Gasteiger partial charge in [0.1, 0.15) is 0 Å². The van der Waals surface area contributed by atoms with Gasteiger partial charge in [0.05, 0.1) is 27.7 Å². The molecule has 0 radical (unpaired) electrons. The van der Waals surface area contributed by atoms with Crippen molar-refractivity contribution < 1.29 is 9.28 Å². The van der Waals surface area contributed by atoms with Crippen molar-refractivity contribution >= 4 is 5.78 Å². The van der Waals surface area contributed by atoms with Crippen molar-refractivity contribution in [3.8, 4) is 0 Å². The SMILES string of the molecule is CC(C)C(=O)/C=C/C[N+](C)(C)C. The third kappa shape index (κ3) is 6.10. The molecule has 0 saturated carbocycles. The Morgan fingerprint density at radius 1 is 1.33 bits per heavy atom. The third-order valence-electron chi connectivity index (χ3n) is 1.50. The van der Waals surface area contributed by atoms with E-state index in [1.54, 1.807) is 6.08 Å². The topological polar surface area (TPSA) is 17.1 Å². The van der Waals surface area contributed by atoms with E-state index in [0.717, 1.165) is 11.0 Å². The Morgan fingerprint density at radius 3 is 2.17 bits per heavy atom. The van der Waals surface area contributed by atoms with Gasteiger partial charge in [0, 0.05) is 5.92 Å². The minimum absolute atomic E-state index is 0.119. The van der Waals surface area contributed by atoms with Crippen molar-refractivity contribution in [1.29, 1.82) is 0 Å². The number of nitrogens with zero attached hydrogens (tertiary/aromatic N) is 1. The Hall–Kier alpha value is -0.630. The fraction of sp³-hybridized carbons (Fsp3) is 0.700. The van der Waals surface area contributed by atoms with Crippen LogP contribution < -0.4 is 0 Å². The van der Waals surface area contributed by atoms with E-state index in [-0.39, 0.29) is 11.7 Å². The Kier molecular flexibility index (Phi) is 4.18. The molecule has 0 aliphatic rings. The minimum Gasteiger partial charge on any atom is -0.328 e. The molecule has 0 fully saturated rings. The summed E-state index contributed by atoms with van der Waals surface area (Å²) in [5, 5.41) is 0. The summed E-state index contributed by atoms with van der Waals surface area (Å²) < 4.78 is 0.863. The second-order valence-corrected chi connectivity index (χ2v) is 4.43. The summed E-state index contributed by atoms with van der Waals surface area (Å²) in [5.41, 5.74) is 0. The van der Waals surface area contributed by atoms with Crippen LogP contribution in [0.5, 0.6) is 0 Å². The smallest absolute Gasteiger partial charge is 0.158 e. The molecule has 0 rings (SSSR count). The van der Waals surface area contributed by atoms with Gasteiger partial charge < -0.3 is 4.48 Å². The maximum absolute atomic E-state index is 11.1. The molecular weight excluding hydrogens is 150 g/mol. The molecule has 2 heteroatoms. The molecule has 0 bridgehead atoms. The van der Waals surface area contributed by atoms with Gasteiger partial charge in [-0.25, -0.2) is 0 Å². The molecule has 0 spiro atoms. The van der Waals surface area contributed by atoms with E-state index >= 15 is 0 Å². The number of carbonyl (C=O) groups is 1. The van der Waals surface area contributed by atoms with E-state index in [9.17, 15) is 4.79 Å². The lowest BCUT2D eigenvalue weighted by Crippen LogP contribution is -2.34. The quantitative estimate of drug-likeness (QED) is 0.461. The number of likely N-dealkylation sites (N-methyl/N-ethyl adjacent to an activating group) is 1. The number of rotatable bonds is 4. The Balaban J connectivity index is 3.86. The van der Waals surface area contributed by atoms with Gasteiger partial charge in [-0.1, -0.05) is 13.8 Å². The molecule has 0 atom stereocenters. The molecule has 0 N–H and O–H groups in total. The first-order valence-corrected chi connectivity index (χ1v) is 4.34. The van der Waals surface area contributed by atoms with E-state index in [2.05, 4.69) is 21.1 Å². The molecule has 0 heterocycles. The fourth-order valence-electron chi connectivity index (χ4n) is 0.678. The van der Waals surface area contributed by atoms with Crippen LogP contribution in [0.2, 0.25) is 0 Å². The van der Waals surface area contributed by atoms with Gasteiger partial charge in [-0.15, -0.1) is 0 Å². The first kappa shape index (κ1) is 11.4. The van der Waals surface area contributed by atoms with Gasteiger partial charge in [0.15, 0.2) is 5.78 Å². The number of allylic oxidation sites excluding steroid dienone is 1. The Labute approximate surface area is 75.5 Å². The Bertz CT molecular complexity index is 175. The molecular formula is C10H20NO+. The van der Waals surface area contributed by atoms with Gasteiger partial charge >= 0.3 is 0 Å². The maximum Gasteiger partial charge on any atom is 0.158 e. The van der Waals surface area contributed by atoms with Crippen molar-refractivity contribution in [2.24, 2.45) is 5.92 Å². The normalized spacial score (nSPS) is 12.8. The van der Waals surface area contributed by atoms with Crippen LogP contribution in [0.1, 0.15) is 13.8 Å². The van der Waals surface area contributed by atoms with Gasteiger partial charge in [-0.3, -0.25) is 4.79 Å². The molecule has 0 aliphatic heterocycles. The highest BCUT2D eigenvalue weighted by molar-refractivity contribution is 5.91. The van der Waals surface area contributed by atoms with Crippen LogP contribution in [-0.2, 0) is 4.79 Å². The molecule has 0 aromatic rings. The molecule has 0 unspecified atom stereocenters. The fourth-order valence-corrected chi connectivity index (χ4v) is 0.678. The molecule has 0 aromatic carbocycles. The molecule has 2 nitrogen and oxygen atoms in total. The van der Waals surface area contributed by atoms with E-state index in [4.69, 9.17) is 0 Å². The second kappa shape index (κ2) is 4.41. The van der Waals surface area contributed by atoms with Crippen LogP contribution in [0.25, 0.3) is 0 Å². The first-order chi connectivity index (χ1) is 5.33. The second-order valence-electron chi connectivity index (χ2n) is 4.43. The van der Waals surface area contributed by atoms with Crippen LogP contribution >= 0.6 is 0 Å². The van der Waals surface area contributed by atoms with E-state index in [0.29, 0.717) is 0 Å². The predicted molar refractivity (Wildman–Crippen MR) is 51.9 cm³/mol. The first-order valence-electron chi connectivity index (χ1n) is 4.34. The zero-order chi connectivity index (χ0) is 9.78. The van der Waals surface area contributed by atoms with Crippen LogP contribution in [0, 0.1) is 5.92 Å². The summed E-state index contributed by atoms with van der Waals surface area (Å²) in [6, 6.07) is 0. The van der Waals surface area contributed by atoms with Crippen molar-refractivity contribution in [2.45, 2.75) is 13.8 Å². The molecule has 0 aliphatic carbocycles. The largest absolute Gasteiger partial charge is 0.328 e. The highest BCUT2D eigenvalue weighted by Gasteiger charge is 2.05. The third-order valence-corrected chi connectivity index (χ3v) is 1.50. The number of hydrogen-bond acceptors (Lipinski definition) is 1. The summed E-state index contributed by atoms with van der Waals surface area (Å²) in [6.07, 6.45) is 3.64. The number of quaternary nitrogens is 1. The number of ketones is 1. The average Bonchev–Trinajstić information content (AvgIpc) is 1.84. The van der Waals surface area contributed by atoms with Crippen LogP contribution in [0.3, 0.4) is 0 Å². The highest BCUT2D eigenvalue weighted by Crippen LogP contribution is 1.96. The van der Waals surface area contributed by atoms with Crippen molar-refractivity contribution in [3.63, 3.8) is 0 Å². The van der Waals surface area contributed by atoms with E-state index < -0.39 is 0 Å². The minimum atomic E-state index is 0.119. The van der Waals surface area contributed by atoms with Gasteiger partial charge in [-0.05, 0) is 12.2 Å². The predicted octanol–water partition coefficient (Wildman–Crippen LogP) is 1.47. The summed E-state index contributed by atoms with van der Waals surface area (Å²) in [7, 11) is 6.30. The van der Waals surface area contributed by atoms with Crippen molar-refractivity contribution in [3.05, 3.63) is 12.2 Å². The maximum atomic E-state index is 11.1. The van der Waals surface area contributed by atoms with E-state index in [1.807, 2.05) is 19.9 Å². The van der Waals surface area contributed by atoms with Crippen LogP contribution in [0.4, 0.5) is 0 Å². The van der Waals surface area contributed by atoms with Crippen molar-refractivity contribution in [1.82, 2.24) is 0 Å². The molecule has 0 aromatic heterocycles. The number of hydrogen-bond donors (Lipinski definition) is 0. The van der Waals surface area contributed by atoms with Crippen LogP contribution in [0.15, 0.2) is 12.2 Å². The molecule has 0 saturated heterocycles. The van der Waals surface area contributed by atoms with Gasteiger partial charge in [-0.2, -0.15) is 0 Å². The van der Waals surface area contributed by atoms with Gasteiger partial charge in [0.25, 0.3) is 0 Å². The lowest BCUT2D eigenvalue weighted by Gasteiger charge is -2.21. The van der Waals surface area contributed by atoms with Gasteiger partial charge in [0.2, 0.25) is 0 Å². The standard InChI is InChI=1S/C10H20NO/c1-9(2)10(12)7-6-8-11(3,4)5/h6-7,9H,8H2,1-5H3/q+1/b7-6+. The number of carbonyl (C=O) groups excluding carboxylic acids is 1. The molecule has 0 amide bonds. The summed E-state index contributed by atoms with van der Waals surface area (Å²) in [4.78, 5) is 11.1. The highest BCUT2D eigenvalue weighted by atomic mass is 16.1. The monoisotopic (exact) mass is 170 g/mol.